The zero-order valence-electron chi connectivity index (χ0n) is 25.9. The Morgan fingerprint density at radius 2 is 1.06 bits per heavy atom. The van der Waals surface area contributed by atoms with Crippen LogP contribution in [0.2, 0.25) is 0 Å². The quantitative estimate of drug-likeness (QED) is 0.200. The number of hydrogen-bond donors (Lipinski definition) is 2. The largest absolute Gasteiger partial charge is 0.370 e. The van der Waals surface area contributed by atoms with E-state index in [0.717, 1.165) is 57.1 Å². The van der Waals surface area contributed by atoms with Crippen LogP contribution in [0.4, 0.5) is 0 Å². The molecule has 4 aromatic carbocycles. The summed E-state index contributed by atoms with van der Waals surface area (Å²) in [7, 11) is 0. The first-order chi connectivity index (χ1) is 23.0. The number of pyridine rings is 2. The van der Waals surface area contributed by atoms with E-state index in [4.69, 9.17) is 9.47 Å². The van der Waals surface area contributed by atoms with Crippen molar-refractivity contribution in [3.63, 3.8) is 0 Å². The Balaban J connectivity index is 1.26. The van der Waals surface area contributed by atoms with Crippen molar-refractivity contribution in [2.24, 2.45) is 0 Å². The molecule has 2 fully saturated rings. The summed E-state index contributed by atoms with van der Waals surface area (Å²) < 4.78 is 15.7. The number of hydrogen-bond acceptors (Lipinski definition) is 7. The molecule has 0 amide bonds. The average molecular weight is 651 g/mol. The van der Waals surface area contributed by atoms with Crippen LogP contribution in [-0.4, -0.2) is 74.8 Å². The van der Waals surface area contributed by atoms with Gasteiger partial charge < -0.3 is 19.3 Å². The summed E-state index contributed by atoms with van der Waals surface area (Å²) in [6.07, 6.45) is 0. The van der Waals surface area contributed by atoms with Crippen molar-refractivity contribution in [2.45, 2.75) is 13.1 Å². The molecule has 2 saturated heterocycles. The molecule has 0 unspecified atom stereocenters. The van der Waals surface area contributed by atoms with Crippen molar-refractivity contribution in [1.29, 1.82) is 0 Å². The zero-order valence-corrected chi connectivity index (χ0v) is 26.7. The Kier molecular flexibility index (Phi) is 6.88. The Morgan fingerprint density at radius 3 is 1.68 bits per heavy atom. The van der Waals surface area contributed by atoms with Crippen LogP contribution in [-0.2, 0) is 22.6 Å². The minimum Gasteiger partial charge on any atom is -0.370 e. The molecule has 2 N–H and O–H groups in total. The second-order valence-electron chi connectivity index (χ2n) is 12.9. The molecule has 238 valence electrons. The van der Waals surface area contributed by atoms with Crippen LogP contribution in [0.15, 0.2) is 67.7 Å². The van der Waals surface area contributed by atoms with E-state index in [-0.39, 0.29) is 22.2 Å². The van der Waals surface area contributed by atoms with Gasteiger partial charge in [0.05, 0.1) is 52.6 Å². The maximum absolute atomic E-state index is 14.1. The predicted octanol–water partition coefficient (Wildman–Crippen LogP) is 0.417. The normalized spacial score (nSPS) is 17.0. The van der Waals surface area contributed by atoms with Gasteiger partial charge in [0.15, 0.2) is 0 Å². The average Bonchev–Trinajstić information content (AvgIpc) is 3.11. The maximum Gasteiger partial charge on any atom is 0.261 e. The molecule has 0 radical (unpaired) electrons. The summed E-state index contributed by atoms with van der Waals surface area (Å²) in [5.74, 6) is 0. The molecule has 9 rings (SSSR count). The molecular formula is C36H34N4O6S+2. The van der Waals surface area contributed by atoms with Gasteiger partial charge in [-0.1, -0.05) is 18.2 Å². The fourth-order valence-electron chi connectivity index (χ4n) is 7.89. The number of morpholine rings is 2. The topological polar surface area (TPSA) is 105 Å². The van der Waals surface area contributed by atoms with Gasteiger partial charge in [0, 0.05) is 57.9 Å². The lowest BCUT2D eigenvalue weighted by atomic mass is 9.95. The van der Waals surface area contributed by atoms with E-state index in [0.29, 0.717) is 84.9 Å². The van der Waals surface area contributed by atoms with Crippen molar-refractivity contribution < 1.29 is 19.3 Å². The number of nitrogens with zero attached hydrogens (tertiary/aromatic N) is 2. The minimum absolute atomic E-state index is 0.253. The lowest BCUT2D eigenvalue weighted by Gasteiger charge is -2.24. The van der Waals surface area contributed by atoms with Gasteiger partial charge in [0.1, 0.15) is 26.2 Å². The summed E-state index contributed by atoms with van der Waals surface area (Å²) in [4.78, 5) is 58.2. The maximum atomic E-state index is 14.1. The highest BCUT2D eigenvalue weighted by Crippen LogP contribution is 2.43. The molecule has 0 spiro atoms. The Morgan fingerprint density at radius 1 is 0.553 bits per heavy atom. The second-order valence-corrected chi connectivity index (χ2v) is 14.0. The Labute approximate surface area is 271 Å². The van der Waals surface area contributed by atoms with Gasteiger partial charge in [-0.05, 0) is 35.7 Å². The van der Waals surface area contributed by atoms with Crippen LogP contribution in [0.25, 0.3) is 63.3 Å². The molecular weight excluding hydrogens is 616 g/mol. The number of fused-ring (bicyclic) bond motifs is 3. The van der Waals surface area contributed by atoms with Crippen molar-refractivity contribution in [1.82, 2.24) is 9.13 Å². The highest BCUT2D eigenvalue weighted by atomic mass is 32.1. The van der Waals surface area contributed by atoms with Gasteiger partial charge in [-0.15, -0.1) is 11.3 Å². The Bertz CT molecular complexity index is 2570. The molecule has 47 heavy (non-hydrogen) atoms. The van der Waals surface area contributed by atoms with E-state index in [1.807, 2.05) is 48.5 Å². The minimum atomic E-state index is -0.281. The summed E-state index contributed by atoms with van der Waals surface area (Å²) in [6, 6.07) is 15.2. The van der Waals surface area contributed by atoms with E-state index in [1.165, 1.54) is 18.9 Å². The zero-order chi connectivity index (χ0) is 31.8. The van der Waals surface area contributed by atoms with Crippen LogP contribution in [0.1, 0.15) is 0 Å². The van der Waals surface area contributed by atoms with Crippen molar-refractivity contribution in [2.75, 3.05) is 65.7 Å². The SMILES string of the molecule is O=c1c2cccc3c4sc5ccc6c(=O)n(CC[NH+]7CCOCC7)c(=O)c7ccc(c4cc(c(=O)n1CC[NH+]1CCOCC1)c23)c5c67. The van der Waals surface area contributed by atoms with Gasteiger partial charge in [0.25, 0.3) is 22.2 Å². The predicted molar refractivity (Wildman–Crippen MR) is 186 cm³/mol. The Hall–Kier alpha value is -4.26. The first-order valence-electron chi connectivity index (χ1n) is 16.4. The summed E-state index contributed by atoms with van der Waals surface area (Å²) in [5.41, 5.74) is -1.06. The molecule has 7 aromatic rings. The first-order valence-corrected chi connectivity index (χ1v) is 17.2. The third kappa shape index (κ3) is 4.45. The van der Waals surface area contributed by atoms with Crippen LogP contribution in [0, 0.1) is 0 Å². The van der Waals surface area contributed by atoms with Crippen molar-refractivity contribution in [3.05, 3.63) is 89.9 Å². The third-order valence-electron chi connectivity index (χ3n) is 10.4. The molecule has 0 saturated carbocycles. The molecule has 5 heterocycles. The van der Waals surface area contributed by atoms with Crippen molar-refractivity contribution in [3.8, 4) is 0 Å². The summed E-state index contributed by atoms with van der Waals surface area (Å²) >= 11 is 1.57. The number of quaternary nitrogens is 2. The fraction of sp³-hybridized carbons (Fsp3) is 0.333. The second kappa shape index (κ2) is 11.2. The molecule has 0 atom stereocenters. The van der Waals surface area contributed by atoms with Gasteiger partial charge in [0.2, 0.25) is 0 Å². The van der Waals surface area contributed by atoms with Gasteiger partial charge >= 0.3 is 0 Å². The molecule has 11 heteroatoms. The fourth-order valence-corrected chi connectivity index (χ4v) is 9.12. The molecule has 0 bridgehead atoms. The standard InChI is InChI=1S/C36H32N4O6S/c41-33-23-3-1-2-22-29(23)27(36(44)40(33)11-9-38-14-18-46-19-15-38)20-26-21-4-5-24-30-25(6-7-28(31(21)30)47-32(22)26)35(43)39(34(24)42)10-8-37-12-16-45-17-13-37/h1-7,20H,8-19H2/p+2. The number of benzene rings is 4. The molecule has 0 aliphatic carbocycles. The van der Waals surface area contributed by atoms with Crippen LogP contribution in [0.3, 0.4) is 0 Å². The summed E-state index contributed by atoms with van der Waals surface area (Å²) in [5, 5.41) is 7.00. The third-order valence-corrected chi connectivity index (χ3v) is 11.6. The van der Waals surface area contributed by atoms with E-state index in [2.05, 4.69) is 0 Å². The molecule has 2 aliphatic rings. The van der Waals surface area contributed by atoms with Gasteiger partial charge in [-0.25, -0.2) is 0 Å². The van der Waals surface area contributed by atoms with Gasteiger partial charge in [-0.2, -0.15) is 0 Å². The highest BCUT2D eigenvalue weighted by molar-refractivity contribution is 7.26. The van der Waals surface area contributed by atoms with E-state index in [1.54, 1.807) is 11.3 Å². The number of nitrogens with one attached hydrogen (secondary N) is 2. The van der Waals surface area contributed by atoms with E-state index in [9.17, 15) is 19.2 Å². The van der Waals surface area contributed by atoms with Crippen molar-refractivity contribution >= 4 is 74.6 Å². The van der Waals surface area contributed by atoms with Crippen LogP contribution < -0.4 is 32.0 Å². The lowest BCUT2D eigenvalue weighted by molar-refractivity contribution is -0.908. The molecule has 10 nitrogen and oxygen atoms in total. The van der Waals surface area contributed by atoms with Crippen LogP contribution in [0.5, 0.6) is 0 Å². The number of aromatic nitrogens is 2. The highest BCUT2D eigenvalue weighted by Gasteiger charge is 2.23. The lowest BCUT2D eigenvalue weighted by Crippen LogP contribution is -3.14. The molecule has 3 aromatic heterocycles. The number of rotatable bonds is 6. The van der Waals surface area contributed by atoms with Gasteiger partial charge in [-0.3, -0.25) is 28.3 Å². The number of ether oxygens (including phenoxy) is 2. The van der Waals surface area contributed by atoms with E-state index >= 15 is 0 Å². The van der Waals surface area contributed by atoms with Crippen LogP contribution >= 0.6 is 11.3 Å². The first kappa shape index (κ1) is 28.9. The molecule has 2 aliphatic heterocycles. The monoisotopic (exact) mass is 650 g/mol. The van der Waals surface area contributed by atoms with E-state index < -0.39 is 0 Å². The summed E-state index contributed by atoms with van der Waals surface area (Å²) in [6.45, 7) is 8.28. The smallest absolute Gasteiger partial charge is 0.261 e.